The third-order valence-electron chi connectivity index (χ3n) is 4.71. The Morgan fingerprint density at radius 1 is 1.18 bits per heavy atom. The number of benzene rings is 1. The van der Waals surface area contributed by atoms with Crippen LogP contribution in [0.25, 0.3) is 0 Å². The number of carbonyl (C=O) groups is 2. The summed E-state index contributed by atoms with van der Waals surface area (Å²) >= 11 is 6.85. The Hall–Kier alpha value is -0.720. The van der Waals surface area contributed by atoms with Crippen LogP contribution in [0.15, 0.2) is 27.1 Å². The van der Waals surface area contributed by atoms with Crippen molar-refractivity contribution in [2.75, 3.05) is 18.0 Å². The fourth-order valence-corrected chi connectivity index (χ4v) is 4.57. The predicted molar refractivity (Wildman–Crippen MR) is 91.8 cm³/mol. The number of quaternary nitrogens is 1. The van der Waals surface area contributed by atoms with Gasteiger partial charge in [0.15, 0.2) is 6.04 Å². The van der Waals surface area contributed by atoms with Gasteiger partial charge in [-0.3, -0.25) is 9.59 Å². The molecule has 4 nitrogen and oxygen atoms in total. The molecule has 2 fully saturated rings. The highest BCUT2D eigenvalue weighted by Crippen LogP contribution is 2.32. The van der Waals surface area contributed by atoms with Crippen molar-refractivity contribution in [1.29, 1.82) is 0 Å². The van der Waals surface area contributed by atoms with Gasteiger partial charge in [0, 0.05) is 8.95 Å². The van der Waals surface area contributed by atoms with Crippen LogP contribution in [0, 0.1) is 5.92 Å². The molecule has 0 aromatic heterocycles. The van der Waals surface area contributed by atoms with Gasteiger partial charge in [0.25, 0.3) is 5.91 Å². The second-order valence-electron chi connectivity index (χ2n) is 6.26. The first-order valence-electron chi connectivity index (χ1n) is 7.64. The van der Waals surface area contributed by atoms with Crippen molar-refractivity contribution in [3.05, 3.63) is 27.1 Å². The summed E-state index contributed by atoms with van der Waals surface area (Å²) in [4.78, 5) is 27.8. The lowest BCUT2D eigenvalue weighted by molar-refractivity contribution is -0.920. The summed E-state index contributed by atoms with van der Waals surface area (Å²) in [5.41, 5.74) is 0.644. The Morgan fingerprint density at radius 3 is 2.50 bits per heavy atom. The average molecular weight is 431 g/mol. The molecule has 2 aliphatic heterocycles. The zero-order chi connectivity index (χ0) is 15.9. The summed E-state index contributed by atoms with van der Waals surface area (Å²) in [6.45, 7) is 4.23. The van der Waals surface area contributed by atoms with E-state index < -0.39 is 0 Å². The number of piperidine rings is 1. The Kier molecular flexibility index (Phi) is 4.71. The van der Waals surface area contributed by atoms with Crippen LogP contribution in [0.3, 0.4) is 0 Å². The van der Waals surface area contributed by atoms with E-state index >= 15 is 0 Å². The molecule has 3 rings (SSSR count). The van der Waals surface area contributed by atoms with Crippen LogP contribution in [0.5, 0.6) is 0 Å². The van der Waals surface area contributed by atoms with E-state index in [4.69, 9.17) is 0 Å². The number of hydrogen-bond acceptors (Lipinski definition) is 2. The number of amides is 2. The van der Waals surface area contributed by atoms with Crippen LogP contribution in [-0.4, -0.2) is 30.9 Å². The largest absolute Gasteiger partial charge is 0.324 e. The molecule has 6 heteroatoms. The summed E-state index contributed by atoms with van der Waals surface area (Å²) in [5, 5.41) is 0. The number of hydrogen-bond donors (Lipinski definition) is 1. The normalized spacial score (nSPS) is 29.2. The molecule has 0 radical (unpaired) electrons. The van der Waals surface area contributed by atoms with Crippen molar-refractivity contribution < 1.29 is 14.5 Å². The maximum Gasteiger partial charge on any atom is 0.292 e. The van der Waals surface area contributed by atoms with Gasteiger partial charge in [0.1, 0.15) is 0 Å². The zero-order valence-corrected chi connectivity index (χ0v) is 15.6. The SMILES string of the molecule is CC1CC[NH+](C2CC(=O)N(c3ccc(Br)cc3Br)C2=O)CC1. The van der Waals surface area contributed by atoms with Gasteiger partial charge in [-0.1, -0.05) is 22.9 Å². The lowest BCUT2D eigenvalue weighted by atomic mass is 9.97. The molecule has 0 spiro atoms. The first kappa shape index (κ1) is 16.1. The molecule has 118 valence electrons. The first-order chi connectivity index (χ1) is 10.5. The van der Waals surface area contributed by atoms with Crippen LogP contribution in [0.1, 0.15) is 26.2 Å². The number of imide groups is 1. The second-order valence-corrected chi connectivity index (χ2v) is 8.03. The second kappa shape index (κ2) is 6.42. The number of carbonyl (C=O) groups excluding carboxylic acids is 2. The molecule has 0 aliphatic carbocycles. The standard InChI is InChI=1S/C16H18Br2N2O2/c1-10-4-6-19(7-5-10)14-9-15(21)20(16(14)22)13-3-2-11(17)8-12(13)18/h2-3,8,10,14H,4-7,9H2,1H3/p+1. The van der Waals surface area contributed by atoms with Gasteiger partial charge in [0.05, 0.1) is 25.2 Å². The number of anilines is 1. The van der Waals surface area contributed by atoms with Gasteiger partial charge in [0.2, 0.25) is 5.91 Å². The Balaban J connectivity index is 1.82. The first-order valence-corrected chi connectivity index (χ1v) is 9.22. The Morgan fingerprint density at radius 2 is 1.86 bits per heavy atom. The lowest BCUT2D eigenvalue weighted by Gasteiger charge is -2.30. The van der Waals surface area contributed by atoms with E-state index in [2.05, 4.69) is 38.8 Å². The monoisotopic (exact) mass is 429 g/mol. The molecule has 2 heterocycles. The lowest BCUT2D eigenvalue weighted by Crippen LogP contribution is -3.17. The molecular formula is C16H19Br2N2O2+. The van der Waals surface area contributed by atoms with Gasteiger partial charge < -0.3 is 4.90 Å². The number of likely N-dealkylation sites (tertiary alicyclic amines) is 1. The van der Waals surface area contributed by atoms with Crippen LogP contribution in [0.2, 0.25) is 0 Å². The Bertz CT molecular complexity index is 612. The minimum atomic E-state index is -0.212. The number of rotatable bonds is 2. The van der Waals surface area contributed by atoms with Crippen molar-refractivity contribution in [2.45, 2.75) is 32.2 Å². The number of nitrogens with zero attached hydrogens (tertiary/aromatic N) is 1. The maximum absolute atomic E-state index is 12.8. The molecule has 1 atom stereocenters. The highest BCUT2D eigenvalue weighted by molar-refractivity contribution is 9.11. The molecule has 1 aromatic carbocycles. The summed E-state index contributed by atoms with van der Waals surface area (Å²) in [6.07, 6.45) is 2.59. The molecule has 1 N–H and O–H groups in total. The van der Waals surface area contributed by atoms with Gasteiger partial charge in [-0.15, -0.1) is 0 Å². The van der Waals surface area contributed by atoms with Gasteiger partial charge >= 0.3 is 0 Å². The fourth-order valence-electron chi connectivity index (χ4n) is 3.35. The molecule has 2 aliphatic rings. The number of halogens is 2. The third kappa shape index (κ3) is 3.01. The van der Waals surface area contributed by atoms with E-state index in [-0.39, 0.29) is 17.9 Å². The van der Waals surface area contributed by atoms with E-state index in [1.807, 2.05) is 12.1 Å². The van der Waals surface area contributed by atoms with E-state index in [0.717, 1.165) is 40.8 Å². The van der Waals surface area contributed by atoms with Gasteiger partial charge in [-0.25, -0.2) is 4.90 Å². The van der Waals surface area contributed by atoms with Crippen LogP contribution in [-0.2, 0) is 9.59 Å². The van der Waals surface area contributed by atoms with E-state index in [1.54, 1.807) is 6.07 Å². The molecule has 0 saturated carbocycles. The molecule has 0 bridgehead atoms. The molecule has 1 aromatic rings. The third-order valence-corrected chi connectivity index (χ3v) is 5.83. The van der Waals surface area contributed by atoms with E-state index in [1.165, 1.54) is 9.80 Å². The minimum Gasteiger partial charge on any atom is -0.324 e. The average Bonchev–Trinajstić information content (AvgIpc) is 2.76. The molecular weight excluding hydrogens is 412 g/mol. The summed E-state index contributed by atoms with van der Waals surface area (Å²) in [7, 11) is 0. The minimum absolute atomic E-state index is 0.0578. The number of nitrogens with one attached hydrogen (secondary N) is 1. The van der Waals surface area contributed by atoms with E-state index in [9.17, 15) is 9.59 Å². The topological polar surface area (TPSA) is 41.8 Å². The van der Waals surface area contributed by atoms with Gasteiger partial charge in [-0.05, 0) is 52.9 Å². The van der Waals surface area contributed by atoms with Crippen molar-refractivity contribution in [3.8, 4) is 0 Å². The molecule has 1 unspecified atom stereocenters. The van der Waals surface area contributed by atoms with Crippen molar-refractivity contribution in [2.24, 2.45) is 5.92 Å². The zero-order valence-electron chi connectivity index (χ0n) is 12.4. The maximum atomic E-state index is 12.8. The van der Waals surface area contributed by atoms with E-state index in [0.29, 0.717) is 12.1 Å². The summed E-state index contributed by atoms with van der Waals surface area (Å²) in [5.74, 6) is 0.578. The van der Waals surface area contributed by atoms with Crippen molar-refractivity contribution >= 4 is 49.4 Å². The van der Waals surface area contributed by atoms with Gasteiger partial charge in [-0.2, -0.15) is 0 Å². The highest BCUT2D eigenvalue weighted by Gasteiger charge is 2.46. The summed E-state index contributed by atoms with van der Waals surface area (Å²) in [6, 6.07) is 5.30. The molecule has 2 saturated heterocycles. The fraction of sp³-hybridized carbons (Fsp3) is 0.500. The Labute approximate surface area is 147 Å². The highest BCUT2D eigenvalue weighted by atomic mass is 79.9. The van der Waals surface area contributed by atoms with Crippen LogP contribution in [0.4, 0.5) is 5.69 Å². The van der Waals surface area contributed by atoms with Crippen molar-refractivity contribution in [3.63, 3.8) is 0 Å². The van der Waals surface area contributed by atoms with Crippen LogP contribution >= 0.6 is 31.9 Å². The molecule has 22 heavy (non-hydrogen) atoms. The predicted octanol–water partition coefficient (Wildman–Crippen LogP) is 2.16. The summed E-state index contributed by atoms with van der Waals surface area (Å²) < 4.78 is 1.67. The van der Waals surface area contributed by atoms with Crippen molar-refractivity contribution in [1.82, 2.24) is 0 Å². The quantitative estimate of drug-likeness (QED) is 0.730. The molecule has 2 amide bonds. The van der Waals surface area contributed by atoms with Crippen LogP contribution < -0.4 is 9.80 Å². The smallest absolute Gasteiger partial charge is 0.292 e.